The van der Waals surface area contributed by atoms with Gasteiger partial charge in [-0.3, -0.25) is 4.79 Å². The lowest BCUT2D eigenvalue weighted by molar-refractivity contribution is -0.142. The molecule has 0 aromatic heterocycles. The van der Waals surface area contributed by atoms with Crippen molar-refractivity contribution in [3.8, 4) is 0 Å². The number of alkyl carbamates (subject to hydrolysis) is 1. The van der Waals surface area contributed by atoms with Crippen molar-refractivity contribution < 1.29 is 24.2 Å². The van der Waals surface area contributed by atoms with Crippen molar-refractivity contribution in [2.24, 2.45) is 5.92 Å². The summed E-state index contributed by atoms with van der Waals surface area (Å²) in [6.07, 6.45) is -0.588. The lowest BCUT2D eigenvalue weighted by Gasteiger charge is -2.24. The molecule has 2 aromatic rings. The molecule has 0 saturated carbocycles. The standard InChI is InChI=1S/C23H28N2O5/c1-15(2)20(25-23(29)30-14-17-10-5-4-6-11-17)21(26)24-19(22(27)28)13-18-12-8-7-9-16(18)3/h4-12,15,19-20H,13-14H2,1-3H3,(H,24,26)(H,25,29)(H,27,28)/t19-,20-/m1/s1. The van der Waals surface area contributed by atoms with E-state index in [4.69, 9.17) is 4.74 Å². The third-order valence-electron chi connectivity index (χ3n) is 4.74. The Kier molecular flexibility index (Phi) is 8.41. The van der Waals surface area contributed by atoms with Gasteiger partial charge in [0, 0.05) is 6.42 Å². The van der Waals surface area contributed by atoms with Gasteiger partial charge in [-0.1, -0.05) is 68.4 Å². The normalized spacial score (nSPS) is 12.7. The first kappa shape index (κ1) is 22.9. The first-order chi connectivity index (χ1) is 14.3. The molecule has 0 heterocycles. The molecule has 0 aliphatic rings. The van der Waals surface area contributed by atoms with Gasteiger partial charge in [-0.25, -0.2) is 9.59 Å². The van der Waals surface area contributed by atoms with Crippen LogP contribution in [-0.2, 0) is 27.4 Å². The average Bonchev–Trinajstić information content (AvgIpc) is 2.71. The maximum Gasteiger partial charge on any atom is 0.408 e. The van der Waals surface area contributed by atoms with E-state index in [0.717, 1.165) is 16.7 Å². The van der Waals surface area contributed by atoms with E-state index < -0.39 is 30.1 Å². The third kappa shape index (κ3) is 6.92. The van der Waals surface area contributed by atoms with Crippen molar-refractivity contribution in [1.29, 1.82) is 0 Å². The highest BCUT2D eigenvalue weighted by Gasteiger charge is 2.29. The number of carbonyl (C=O) groups is 3. The number of rotatable bonds is 9. The van der Waals surface area contributed by atoms with Gasteiger partial charge in [0.15, 0.2) is 0 Å². The summed E-state index contributed by atoms with van der Waals surface area (Å²) in [6, 6.07) is 14.5. The van der Waals surface area contributed by atoms with Gasteiger partial charge in [0.2, 0.25) is 5.91 Å². The Balaban J connectivity index is 1.99. The summed E-state index contributed by atoms with van der Waals surface area (Å²) in [5, 5.41) is 14.6. The quantitative estimate of drug-likeness (QED) is 0.587. The van der Waals surface area contributed by atoms with E-state index in [9.17, 15) is 19.5 Å². The minimum absolute atomic E-state index is 0.0736. The number of nitrogens with one attached hydrogen (secondary N) is 2. The van der Waals surface area contributed by atoms with Crippen molar-refractivity contribution in [3.05, 3.63) is 71.3 Å². The van der Waals surface area contributed by atoms with Crippen LogP contribution in [0.15, 0.2) is 54.6 Å². The first-order valence-electron chi connectivity index (χ1n) is 9.82. The van der Waals surface area contributed by atoms with Crippen LogP contribution in [0.1, 0.15) is 30.5 Å². The number of aryl methyl sites for hydroxylation is 1. The number of ether oxygens (including phenoxy) is 1. The number of benzene rings is 2. The molecule has 0 aliphatic heterocycles. The molecule has 7 heteroatoms. The maximum atomic E-state index is 12.7. The predicted octanol–water partition coefficient (Wildman–Crippen LogP) is 3.06. The molecule has 0 aliphatic carbocycles. The molecule has 2 aromatic carbocycles. The van der Waals surface area contributed by atoms with Gasteiger partial charge in [-0.2, -0.15) is 0 Å². The molecular formula is C23H28N2O5. The number of hydrogen-bond donors (Lipinski definition) is 3. The average molecular weight is 412 g/mol. The summed E-state index contributed by atoms with van der Waals surface area (Å²) in [7, 11) is 0. The number of carbonyl (C=O) groups excluding carboxylic acids is 2. The van der Waals surface area contributed by atoms with Gasteiger partial charge in [0.05, 0.1) is 0 Å². The minimum Gasteiger partial charge on any atom is -0.480 e. The van der Waals surface area contributed by atoms with Crippen LogP contribution in [0.25, 0.3) is 0 Å². The third-order valence-corrected chi connectivity index (χ3v) is 4.74. The Morgan fingerprint density at radius 3 is 2.20 bits per heavy atom. The van der Waals surface area contributed by atoms with E-state index in [2.05, 4.69) is 10.6 Å². The Bertz CT molecular complexity index is 867. The summed E-state index contributed by atoms with van der Waals surface area (Å²) in [5.74, 6) is -1.97. The Morgan fingerprint density at radius 1 is 0.967 bits per heavy atom. The van der Waals surface area contributed by atoms with E-state index in [-0.39, 0.29) is 18.9 Å². The fraction of sp³-hybridized carbons (Fsp3) is 0.348. The molecule has 3 N–H and O–H groups in total. The number of carboxylic acid groups (broad SMARTS) is 1. The second-order valence-corrected chi connectivity index (χ2v) is 7.46. The zero-order valence-corrected chi connectivity index (χ0v) is 17.4. The molecule has 2 rings (SSSR count). The molecule has 2 amide bonds. The molecule has 0 radical (unpaired) electrons. The second-order valence-electron chi connectivity index (χ2n) is 7.46. The topological polar surface area (TPSA) is 105 Å². The Morgan fingerprint density at radius 2 is 1.60 bits per heavy atom. The van der Waals surface area contributed by atoms with Crippen LogP contribution in [0.2, 0.25) is 0 Å². The SMILES string of the molecule is Cc1ccccc1C[C@@H](NC(=O)[C@H](NC(=O)OCc1ccccc1)C(C)C)C(=O)O. The Labute approximate surface area is 176 Å². The summed E-state index contributed by atoms with van der Waals surface area (Å²) >= 11 is 0. The van der Waals surface area contributed by atoms with Crippen LogP contribution in [0, 0.1) is 12.8 Å². The highest BCUT2D eigenvalue weighted by atomic mass is 16.5. The Hall–Kier alpha value is -3.35. The van der Waals surface area contributed by atoms with Gasteiger partial charge < -0.3 is 20.5 Å². The minimum atomic E-state index is -1.14. The van der Waals surface area contributed by atoms with Crippen molar-refractivity contribution in [2.75, 3.05) is 0 Å². The molecule has 0 spiro atoms. The first-order valence-corrected chi connectivity index (χ1v) is 9.82. The van der Waals surface area contributed by atoms with Crippen LogP contribution in [0.5, 0.6) is 0 Å². The fourth-order valence-corrected chi connectivity index (χ4v) is 2.95. The number of hydrogen-bond acceptors (Lipinski definition) is 4. The van der Waals surface area contributed by atoms with Crippen molar-refractivity contribution in [2.45, 2.75) is 45.9 Å². The molecule has 30 heavy (non-hydrogen) atoms. The highest BCUT2D eigenvalue weighted by Crippen LogP contribution is 2.11. The maximum absolute atomic E-state index is 12.7. The molecule has 0 saturated heterocycles. The van der Waals surface area contributed by atoms with E-state index >= 15 is 0 Å². The van der Waals surface area contributed by atoms with E-state index in [1.54, 1.807) is 13.8 Å². The molecule has 7 nitrogen and oxygen atoms in total. The lowest BCUT2D eigenvalue weighted by atomic mass is 9.99. The lowest BCUT2D eigenvalue weighted by Crippen LogP contribution is -2.54. The number of carboxylic acids is 1. The van der Waals surface area contributed by atoms with Crippen LogP contribution in [0.3, 0.4) is 0 Å². The molecule has 0 bridgehead atoms. The molecule has 160 valence electrons. The highest BCUT2D eigenvalue weighted by molar-refractivity contribution is 5.89. The van der Waals surface area contributed by atoms with Gasteiger partial charge in [0.25, 0.3) is 0 Å². The van der Waals surface area contributed by atoms with Crippen molar-refractivity contribution in [3.63, 3.8) is 0 Å². The van der Waals surface area contributed by atoms with Gasteiger partial charge in [-0.05, 0) is 29.5 Å². The van der Waals surface area contributed by atoms with Gasteiger partial charge >= 0.3 is 12.1 Å². The van der Waals surface area contributed by atoms with Crippen LogP contribution in [0.4, 0.5) is 4.79 Å². The summed E-state index contributed by atoms with van der Waals surface area (Å²) in [6.45, 7) is 5.49. The number of amides is 2. The smallest absolute Gasteiger partial charge is 0.408 e. The summed E-state index contributed by atoms with van der Waals surface area (Å²) in [5.41, 5.74) is 2.60. The van der Waals surface area contributed by atoms with E-state index in [1.165, 1.54) is 0 Å². The predicted molar refractivity (Wildman–Crippen MR) is 113 cm³/mol. The second kappa shape index (κ2) is 11.0. The van der Waals surface area contributed by atoms with Gasteiger partial charge in [0.1, 0.15) is 18.7 Å². The fourth-order valence-electron chi connectivity index (χ4n) is 2.95. The van der Waals surface area contributed by atoms with Crippen LogP contribution in [-0.4, -0.2) is 35.2 Å². The molecule has 0 fully saturated rings. The van der Waals surface area contributed by atoms with Gasteiger partial charge in [-0.15, -0.1) is 0 Å². The molecular weight excluding hydrogens is 384 g/mol. The molecule has 2 atom stereocenters. The molecule has 0 unspecified atom stereocenters. The monoisotopic (exact) mass is 412 g/mol. The summed E-state index contributed by atoms with van der Waals surface area (Å²) < 4.78 is 5.18. The van der Waals surface area contributed by atoms with Crippen LogP contribution < -0.4 is 10.6 Å². The zero-order valence-electron chi connectivity index (χ0n) is 17.4. The summed E-state index contributed by atoms with van der Waals surface area (Å²) in [4.78, 5) is 36.6. The largest absolute Gasteiger partial charge is 0.480 e. The number of aliphatic carboxylic acids is 1. The zero-order chi connectivity index (χ0) is 22.1. The van der Waals surface area contributed by atoms with Crippen LogP contribution >= 0.6 is 0 Å². The van der Waals surface area contributed by atoms with Crippen molar-refractivity contribution >= 4 is 18.0 Å². The van der Waals surface area contributed by atoms with Crippen molar-refractivity contribution in [1.82, 2.24) is 10.6 Å². The van der Waals surface area contributed by atoms with E-state index in [1.807, 2.05) is 61.5 Å². The van der Waals surface area contributed by atoms with E-state index in [0.29, 0.717) is 0 Å².